The molecule has 1 aliphatic rings. The van der Waals surface area contributed by atoms with Crippen molar-refractivity contribution in [1.29, 1.82) is 0 Å². The zero-order valence-electron chi connectivity index (χ0n) is 8.09. The van der Waals surface area contributed by atoms with Gasteiger partial charge in [-0.3, -0.25) is 4.79 Å². The van der Waals surface area contributed by atoms with E-state index in [1.54, 1.807) is 6.07 Å². The Morgan fingerprint density at radius 2 is 2.13 bits per heavy atom. The standard InChI is InChI=1S/C11H11Cl2NO/c12-9-3-1-7(6-10(9)13)5-8-2-4-11(15)14-8/h1,3,6,8H,2,4-5H2,(H,14,15). The predicted molar refractivity (Wildman–Crippen MR) is 61.3 cm³/mol. The Labute approximate surface area is 98.6 Å². The maximum absolute atomic E-state index is 11.0. The number of amides is 1. The second-order valence-electron chi connectivity index (χ2n) is 3.76. The van der Waals surface area contributed by atoms with E-state index in [2.05, 4.69) is 5.32 Å². The third kappa shape index (κ3) is 2.64. The number of rotatable bonds is 2. The van der Waals surface area contributed by atoms with Gasteiger partial charge in [0.2, 0.25) is 5.91 Å². The predicted octanol–water partition coefficient (Wildman–Crippen LogP) is 2.81. The van der Waals surface area contributed by atoms with E-state index in [1.165, 1.54) is 0 Å². The summed E-state index contributed by atoms with van der Waals surface area (Å²) in [4.78, 5) is 11.0. The van der Waals surface area contributed by atoms with Crippen LogP contribution < -0.4 is 5.32 Å². The van der Waals surface area contributed by atoms with Crippen LogP contribution in [0.15, 0.2) is 18.2 Å². The zero-order chi connectivity index (χ0) is 10.8. The van der Waals surface area contributed by atoms with Gasteiger partial charge in [-0.25, -0.2) is 0 Å². The van der Waals surface area contributed by atoms with Crippen LogP contribution in [0.1, 0.15) is 18.4 Å². The van der Waals surface area contributed by atoms with E-state index in [0.29, 0.717) is 16.5 Å². The summed E-state index contributed by atoms with van der Waals surface area (Å²) in [7, 11) is 0. The third-order valence-electron chi connectivity index (χ3n) is 2.55. The van der Waals surface area contributed by atoms with Crippen LogP contribution in [0.2, 0.25) is 10.0 Å². The van der Waals surface area contributed by atoms with Crippen molar-refractivity contribution >= 4 is 29.1 Å². The van der Waals surface area contributed by atoms with Crippen LogP contribution in [0.4, 0.5) is 0 Å². The lowest BCUT2D eigenvalue weighted by Crippen LogP contribution is -2.27. The molecule has 1 atom stereocenters. The summed E-state index contributed by atoms with van der Waals surface area (Å²) in [5, 5.41) is 4.06. The minimum Gasteiger partial charge on any atom is -0.353 e. The highest BCUT2D eigenvalue weighted by molar-refractivity contribution is 6.42. The first-order valence-electron chi connectivity index (χ1n) is 4.88. The fourth-order valence-corrected chi connectivity index (χ4v) is 2.10. The smallest absolute Gasteiger partial charge is 0.220 e. The van der Waals surface area contributed by atoms with Crippen molar-refractivity contribution in [1.82, 2.24) is 5.32 Å². The van der Waals surface area contributed by atoms with Gasteiger partial charge in [-0.1, -0.05) is 29.3 Å². The molecule has 0 saturated carbocycles. The Morgan fingerprint density at radius 3 is 2.73 bits per heavy atom. The molecule has 2 rings (SSSR count). The SMILES string of the molecule is O=C1CCC(Cc2ccc(Cl)c(Cl)c2)N1. The minimum atomic E-state index is 0.139. The highest BCUT2D eigenvalue weighted by atomic mass is 35.5. The van der Waals surface area contributed by atoms with Crippen molar-refractivity contribution < 1.29 is 4.79 Å². The number of nitrogens with one attached hydrogen (secondary N) is 1. The average Bonchev–Trinajstić information content (AvgIpc) is 2.58. The van der Waals surface area contributed by atoms with E-state index in [-0.39, 0.29) is 11.9 Å². The van der Waals surface area contributed by atoms with Gasteiger partial charge in [0.1, 0.15) is 0 Å². The van der Waals surface area contributed by atoms with Crippen molar-refractivity contribution in [2.75, 3.05) is 0 Å². The maximum atomic E-state index is 11.0. The number of hydrogen-bond donors (Lipinski definition) is 1. The summed E-state index contributed by atoms with van der Waals surface area (Å²) >= 11 is 11.7. The second kappa shape index (κ2) is 4.42. The van der Waals surface area contributed by atoms with Gasteiger partial charge in [0.15, 0.2) is 0 Å². The van der Waals surface area contributed by atoms with E-state index in [4.69, 9.17) is 23.2 Å². The molecule has 1 amide bonds. The van der Waals surface area contributed by atoms with Crippen LogP contribution in [-0.4, -0.2) is 11.9 Å². The molecule has 1 aliphatic heterocycles. The summed E-state index contributed by atoms with van der Waals surface area (Å²) in [5.41, 5.74) is 1.11. The molecule has 1 heterocycles. The lowest BCUT2D eigenvalue weighted by molar-refractivity contribution is -0.119. The Kier molecular flexibility index (Phi) is 3.17. The van der Waals surface area contributed by atoms with Crippen LogP contribution in [-0.2, 0) is 11.2 Å². The molecule has 0 aromatic heterocycles. The molecule has 15 heavy (non-hydrogen) atoms. The van der Waals surface area contributed by atoms with Gasteiger partial charge in [-0.05, 0) is 30.5 Å². The molecule has 0 bridgehead atoms. The highest BCUT2D eigenvalue weighted by Gasteiger charge is 2.20. The Morgan fingerprint density at radius 1 is 1.33 bits per heavy atom. The summed E-state index contributed by atoms with van der Waals surface area (Å²) in [6.07, 6.45) is 2.35. The number of hydrogen-bond acceptors (Lipinski definition) is 1. The summed E-state index contributed by atoms with van der Waals surface area (Å²) < 4.78 is 0. The number of halogens is 2. The van der Waals surface area contributed by atoms with E-state index in [9.17, 15) is 4.79 Å². The molecule has 1 saturated heterocycles. The first-order valence-corrected chi connectivity index (χ1v) is 5.64. The molecule has 1 unspecified atom stereocenters. The number of carbonyl (C=O) groups excluding carboxylic acids is 1. The lowest BCUT2D eigenvalue weighted by Gasteiger charge is -2.10. The van der Waals surface area contributed by atoms with Crippen LogP contribution in [0.3, 0.4) is 0 Å². The van der Waals surface area contributed by atoms with Crippen molar-refractivity contribution in [3.8, 4) is 0 Å². The van der Waals surface area contributed by atoms with Crippen molar-refractivity contribution in [2.24, 2.45) is 0 Å². The molecule has 0 aliphatic carbocycles. The first kappa shape index (κ1) is 10.8. The fourth-order valence-electron chi connectivity index (χ4n) is 1.78. The van der Waals surface area contributed by atoms with Crippen LogP contribution >= 0.6 is 23.2 Å². The summed E-state index contributed by atoms with van der Waals surface area (Å²) in [5.74, 6) is 0.139. The largest absolute Gasteiger partial charge is 0.353 e. The first-order chi connectivity index (χ1) is 7.15. The Hall–Kier alpha value is -0.730. The van der Waals surface area contributed by atoms with E-state index < -0.39 is 0 Å². The molecular weight excluding hydrogens is 233 g/mol. The molecule has 0 spiro atoms. The van der Waals surface area contributed by atoms with Gasteiger partial charge in [0.25, 0.3) is 0 Å². The molecule has 1 aromatic carbocycles. The number of benzene rings is 1. The van der Waals surface area contributed by atoms with Gasteiger partial charge in [0, 0.05) is 12.5 Å². The van der Waals surface area contributed by atoms with Crippen molar-refractivity contribution in [3.63, 3.8) is 0 Å². The van der Waals surface area contributed by atoms with Gasteiger partial charge in [-0.15, -0.1) is 0 Å². The average molecular weight is 244 g/mol. The molecule has 4 heteroatoms. The summed E-state index contributed by atoms with van der Waals surface area (Å²) in [6, 6.07) is 5.83. The van der Waals surface area contributed by atoms with Crippen LogP contribution in [0, 0.1) is 0 Å². The Bertz CT molecular complexity index is 392. The fraction of sp³-hybridized carbons (Fsp3) is 0.364. The molecule has 1 N–H and O–H groups in total. The topological polar surface area (TPSA) is 29.1 Å². The van der Waals surface area contributed by atoms with Crippen molar-refractivity contribution in [2.45, 2.75) is 25.3 Å². The van der Waals surface area contributed by atoms with E-state index in [1.807, 2.05) is 12.1 Å². The monoisotopic (exact) mass is 243 g/mol. The quantitative estimate of drug-likeness (QED) is 0.851. The second-order valence-corrected chi connectivity index (χ2v) is 4.57. The van der Waals surface area contributed by atoms with Gasteiger partial charge in [0.05, 0.1) is 10.0 Å². The summed E-state index contributed by atoms with van der Waals surface area (Å²) in [6.45, 7) is 0. The molecule has 0 radical (unpaired) electrons. The van der Waals surface area contributed by atoms with Crippen molar-refractivity contribution in [3.05, 3.63) is 33.8 Å². The maximum Gasteiger partial charge on any atom is 0.220 e. The lowest BCUT2D eigenvalue weighted by atomic mass is 10.1. The Balaban J connectivity index is 2.05. The van der Waals surface area contributed by atoms with Gasteiger partial charge >= 0.3 is 0 Å². The molecule has 1 fully saturated rings. The van der Waals surface area contributed by atoms with E-state index in [0.717, 1.165) is 18.4 Å². The molecule has 80 valence electrons. The van der Waals surface area contributed by atoms with E-state index >= 15 is 0 Å². The number of carbonyl (C=O) groups is 1. The van der Waals surface area contributed by atoms with Gasteiger partial charge < -0.3 is 5.32 Å². The van der Waals surface area contributed by atoms with Gasteiger partial charge in [-0.2, -0.15) is 0 Å². The third-order valence-corrected chi connectivity index (χ3v) is 3.29. The molecular formula is C11H11Cl2NO. The van der Waals surface area contributed by atoms with Crippen LogP contribution in [0.5, 0.6) is 0 Å². The molecule has 2 nitrogen and oxygen atoms in total. The normalized spacial score (nSPS) is 20.4. The zero-order valence-corrected chi connectivity index (χ0v) is 9.61. The minimum absolute atomic E-state index is 0.139. The molecule has 1 aromatic rings. The highest BCUT2D eigenvalue weighted by Crippen LogP contribution is 2.24. The van der Waals surface area contributed by atoms with Crippen LogP contribution in [0.25, 0.3) is 0 Å².